The van der Waals surface area contributed by atoms with E-state index in [0.717, 1.165) is 16.5 Å². The second-order valence-corrected chi connectivity index (χ2v) is 11.7. The number of aliphatic carboxylic acids is 1. The minimum Gasteiger partial charge on any atom is -0.481 e. The average molecular weight is 575 g/mol. The molecule has 0 saturated carbocycles. The third-order valence-electron chi connectivity index (χ3n) is 7.25. The van der Waals surface area contributed by atoms with Crippen LogP contribution in [0.25, 0.3) is 10.9 Å². The summed E-state index contributed by atoms with van der Waals surface area (Å²) in [6.45, 7) is 12.6. The van der Waals surface area contributed by atoms with Gasteiger partial charge in [-0.15, -0.1) is 0 Å². The van der Waals surface area contributed by atoms with Crippen molar-refractivity contribution < 1.29 is 34.1 Å². The number of hydrogen-bond donors (Lipinski definition) is 6. The van der Waals surface area contributed by atoms with Crippen LogP contribution in [0.4, 0.5) is 4.79 Å². The number of alkyl carbamates (subject to hydrolysis) is 1. The maximum atomic E-state index is 13.6. The van der Waals surface area contributed by atoms with Gasteiger partial charge in [0.25, 0.3) is 0 Å². The van der Waals surface area contributed by atoms with E-state index in [1.807, 2.05) is 52.0 Å². The third kappa shape index (κ3) is 10.1. The quantitative estimate of drug-likeness (QED) is 0.201. The summed E-state index contributed by atoms with van der Waals surface area (Å²) in [6, 6.07) is 4.66. The second kappa shape index (κ2) is 14.9. The van der Waals surface area contributed by atoms with Gasteiger partial charge in [0.2, 0.25) is 11.8 Å². The summed E-state index contributed by atoms with van der Waals surface area (Å²) >= 11 is 0. The van der Waals surface area contributed by atoms with Crippen LogP contribution in [0.2, 0.25) is 0 Å². The molecule has 0 saturated heterocycles. The molecule has 0 aliphatic carbocycles. The van der Waals surface area contributed by atoms with Gasteiger partial charge in [-0.1, -0.05) is 58.7 Å². The number of aliphatic hydroxyl groups excluding tert-OH is 1. The Morgan fingerprint density at radius 2 is 1.49 bits per heavy atom. The highest BCUT2D eigenvalue weighted by molar-refractivity contribution is 5.92. The van der Waals surface area contributed by atoms with Crippen LogP contribution in [-0.4, -0.2) is 68.9 Å². The maximum absolute atomic E-state index is 13.6. The molecule has 0 bridgehead atoms. The van der Waals surface area contributed by atoms with Gasteiger partial charge in [0, 0.05) is 17.1 Å². The van der Waals surface area contributed by atoms with Gasteiger partial charge in [-0.05, 0) is 50.7 Å². The molecule has 2 rings (SSSR count). The van der Waals surface area contributed by atoms with E-state index in [1.54, 1.807) is 27.0 Å². The number of aliphatic hydroxyl groups is 1. The number of carbonyl (C=O) groups is 4. The van der Waals surface area contributed by atoms with Gasteiger partial charge in [-0.3, -0.25) is 14.4 Å². The normalized spacial score (nSPS) is 16.1. The van der Waals surface area contributed by atoms with Crippen LogP contribution >= 0.6 is 0 Å². The SMILES string of the molecule is CC[C@H](C)[C@H](NC(=O)OC(C)(C)C)C(=O)N[C@H](C(=O)N[C@@H](Cc1c[nH]c2ccccc12)[C@H](O)CC(=O)O)[C@@H](C)CC. The van der Waals surface area contributed by atoms with E-state index in [4.69, 9.17) is 4.74 Å². The number of fused-ring (bicyclic) bond motifs is 1. The fraction of sp³-hybridized carbons (Fsp3) is 0.600. The first-order chi connectivity index (χ1) is 19.2. The Balaban J connectivity index is 2.29. The fourth-order valence-electron chi connectivity index (χ4n) is 4.50. The Kier molecular flexibility index (Phi) is 12.2. The van der Waals surface area contributed by atoms with Gasteiger partial charge < -0.3 is 35.9 Å². The summed E-state index contributed by atoms with van der Waals surface area (Å²) in [5, 5.41) is 29.2. The summed E-state index contributed by atoms with van der Waals surface area (Å²) in [4.78, 5) is 54.1. The molecule has 0 radical (unpaired) electrons. The van der Waals surface area contributed by atoms with Crippen molar-refractivity contribution in [3.05, 3.63) is 36.0 Å². The molecule has 0 fully saturated rings. The number of benzene rings is 1. The maximum Gasteiger partial charge on any atom is 0.408 e. The van der Waals surface area contributed by atoms with Crippen molar-refractivity contribution in [2.45, 2.75) is 104 Å². The van der Waals surface area contributed by atoms with Crippen molar-refractivity contribution in [2.24, 2.45) is 11.8 Å². The first kappa shape index (κ1) is 33.6. The molecule has 1 aromatic carbocycles. The topological polar surface area (TPSA) is 170 Å². The van der Waals surface area contributed by atoms with Gasteiger partial charge in [-0.2, -0.15) is 0 Å². The van der Waals surface area contributed by atoms with Crippen molar-refractivity contribution in [1.29, 1.82) is 0 Å². The van der Waals surface area contributed by atoms with Crippen molar-refractivity contribution in [3.63, 3.8) is 0 Å². The van der Waals surface area contributed by atoms with Gasteiger partial charge >= 0.3 is 12.1 Å². The molecular weight excluding hydrogens is 528 g/mol. The number of carboxylic acids is 1. The lowest BCUT2D eigenvalue weighted by Gasteiger charge is -2.31. The van der Waals surface area contributed by atoms with Crippen LogP contribution in [0.1, 0.15) is 73.3 Å². The van der Waals surface area contributed by atoms with Gasteiger partial charge in [0.05, 0.1) is 18.6 Å². The molecule has 2 aromatic rings. The lowest BCUT2D eigenvalue weighted by Crippen LogP contribution is -2.59. The van der Waals surface area contributed by atoms with Crippen molar-refractivity contribution >= 4 is 34.8 Å². The average Bonchev–Trinajstić information content (AvgIpc) is 3.30. The predicted molar refractivity (Wildman–Crippen MR) is 156 cm³/mol. The van der Waals surface area contributed by atoms with Crippen LogP contribution in [0.5, 0.6) is 0 Å². The third-order valence-corrected chi connectivity index (χ3v) is 7.25. The number of carboxylic acid groups (broad SMARTS) is 1. The first-order valence-electron chi connectivity index (χ1n) is 14.2. The number of para-hydroxylation sites is 1. The van der Waals surface area contributed by atoms with Crippen LogP contribution < -0.4 is 16.0 Å². The minimum atomic E-state index is -1.37. The lowest BCUT2D eigenvalue weighted by molar-refractivity contribution is -0.140. The monoisotopic (exact) mass is 574 g/mol. The summed E-state index contributed by atoms with van der Waals surface area (Å²) in [5.41, 5.74) is 0.924. The molecule has 11 heteroatoms. The highest BCUT2D eigenvalue weighted by atomic mass is 16.6. The Morgan fingerprint density at radius 1 is 0.927 bits per heavy atom. The number of nitrogens with one attached hydrogen (secondary N) is 4. The number of ether oxygens (including phenoxy) is 1. The van der Waals surface area contributed by atoms with E-state index in [9.17, 15) is 29.4 Å². The molecule has 1 heterocycles. The molecule has 0 spiro atoms. The zero-order valence-corrected chi connectivity index (χ0v) is 25.1. The Hall–Kier alpha value is -3.60. The number of rotatable bonds is 14. The molecule has 0 aliphatic heterocycles. The number of aromatic amines is 1. The molecule has 6 N–H and O–H groups in total. The Labute approximate surface area is 241 Å². The van der Waals surface area contributed by atoms with Crippen LogP contribution in [0.3, 0.4) is 0 Å². The van der Waals surface area contributed by atoms with E-state index >= 15 is 0 Å². The molecule has 3 amide bonds. The zero-order chi connectivity index (χ0) is 30.9. The van der Waals surface area contributed by atoms with Crippen molar-refractivity contribution in [3.8, 4) is 0 Å². The fourth-order valence-corrected chi connectivity index (χ4v) is 4.50. The number of aromatic nitrogens is 1. The number of hydrogen-bond acceptors (Lipinski definition) is 6. The Bertz CT molecular complexity index is 1190. The molecule has 228 valence electrons. The van der Waals surface area contributed by atoms with E-state index in [0.29, 0.717) is 12.8 Å². The summed E-state index contributed by atoms with van der Waals surface area (Å²) in [6.07, 6.45) is 0.395. The van der Waals surface area contributed by atoms with Gasteiger partial charge in [0.1, 0.15) is 17.7 Å². The van der Waals surface area contributed by atoms with Crippen LogP contribution in [0, 0.1) is 11.8 Å². The van der Waals surface area contributed by atoms with E-state index in [2.05, 4.69) is 20.9 Å². The summed E-state index contributed by atoms with van der Waals surface area (Å²) in [5.74, 6) is -2.85. The van der Waals surface area contributed by atoms with E-state index in [-0.39, 0.29) is 18.3 Å². The lowest BCUT2D eigenvalue weighted by atomic mass is 9.93. The molecule has 0 aliphatic rings. The first-order valence-corrected chi connectivity index (χ1v) is 14.2. The summed E-state index contributed by atoms with van der Waals surface area (Å²) < 4.78 is 5.34. The van der Waals surface area contributed by atoms with E-state index in [1.165, 1.54) is 0 Å². The number of carbonyl (C=O) groups excluding carboxylic acids is 3. The highest BCUT2D eigenvalue weighted by Crippen LogP contribution is 2.21. The van der Waals surface area contributed by atoms with Crippen molar-refractivity contribution in [1.82, 2.24) is 20.9 Å². The van der Waals surface area contributed by atoms with Gasteiger partial charge in [0.15, 0.2) is 0 Å². The number of H-pyrrole nitrogens is 1. The smallest absolute Gasteiger partial charge is 0.408 e. The summed E-state index contributed by atoms with van der Waals surface area (Å²) in [7, 11) is 0. The standard InChI is InChI=1S/C30H46N4O7/c1-8-17(3)25(33-28(39)26(18(4)9-2)34-29(40)41-30(5,6)7)27(38)32-22(23(35)15-24(36)37)14-19-16-31-21-13-11-10-12-20(19)21/h10-13,16-18,22-23,25-26,31,35H,8-9,14-15H2,1-7H3,(H,32,38)(H,33,39)(H,34,40)(H,36,37)/t17-,18-,22-,23+,25-,26-/m0/s1. The second-order valence-electron chi connectivity index (χ2n) is 11.7. The van der Waals surface area contributed by atoms with Crippen molar-refractivity contribution in [2.75, 3.05) is 0 Å². The highest BCUT2D eigenvalue weighted by Gasteiger charge is 2.35. The number of amides is 3. The van der Waals surface area contributed by atoms with Crippen LogP contribution in [0.15, 0.2) is 30.5 Å². The molecule has 0 unspecified atom stereocenters. The molecular formula is C30H46N4O7. The largest absolute Gasteiger partial charge is 0.481 e. The van der Waals surface area contributed by atoms with E-state index < -0.39 is 60.1 Å². The predicted octanol–water partition coefficient (Wildman–Crippen LogP) is 3.50. The molecule has 6 atom stereocenters. The molecule has 41 heavy (non-hydrogen) atoms. The molecule has 11 nitrogen and oxygen atoms in total. The Morgan fingerprint density at radius 3 is 2.05 bits per heavy atom. The van der Waals surface area contributed by atoms with Crippen LogP contribution in [-0.2, 0) is 25.5 Å². The van der Waals surface area contributed by atoms with Gasteiger partial charge in [-0.25, -0.2) is 4.79 Å². The molecule has 1 aromatic heterocycles. The zero-order valence-electron chi connectivity index (χ0n) is 25.1. The minimum absolute atomic E-state index is 0.168.